The summed E-state index contributed by atoms with van der Waals surface area (Å²) in [4.78, 5) is 11.4. The Morgan fingerprint density at radius 3 is 2.38 bits per heavy atom. The summed E-state index contributed by atoms with van der Waals surface area (Å²) >= 11 is 5.82. The average Bonchev–Trinajstić information content (AvgIpc) is 2.65. The van der Waals surface area contributed by atoms with Crippen LogP contribution in [0.15, 0.2) is 68.0 Å². The van der Waals surface area contributed by atoms with Gasteiger partial charge in [0.25, 0.3) is 0 Å². The van der Waals surface area contributed by atoms with Gasteiger partial charge in [-0.2, -0.15) is 0 Å². The van der Waals surface area contributed by atoms with Crippen molar-refractivity contribution in [2.24, 2.45) is 0 Å². The van der Waals surface area contributed by atoms with Crippen LogP contribution in [0.3, 0.4) is 0 Å². The van der Waals surface area contributed by atoms with Gasteiger partial charge in [-0.1, -0.05) is 23.7 Å². The molecule has 0 saturated carbocycles. The first-order valence-corrected chi connectivity index (χ1v) is 11.9. The van der Waals surface area contributed by atoms with E-state index in [0.29, 0.717) is 21.7 Å². The number of benzene rings is 2. The zero-order chi connectivity index (χ0) is 21.2. The van der Waals surface area contributed by atoms with Crippen molar-refractivity contribution >= 4 is 48.3 Å². The number of sulfone groups is 2. The van der Waals surface area contributed by atoms with Crippen LogP contribution in [-0.2, 0) is 19.7 Å². The van der Waals surface area contributed by atoms with Gasteiger partial charge in [0.2, 0.25) is 0 Å². The molecule has 1 heterocycles. The van der Waals surface area contributed by atoms with Crippen molar-refractivity contribution < 1.29 is 26.0 Å². The Morgan fingerprint density at radius 1 is 1.03 bits per heavy atom. The van der Waals surface area contributed by atoms with Crippen molar-refractivity contribution in [1.29, 1.82) is 0 Å². The lowest BCUT2D eigenvalue weighted by molar-refractivity contribution is 0.415. The number of halogens is 1. The van der Waals surface area contributed by atoms with Crippen LogP contribution in [-0.4, -0.2) is 29.0 Å². The Morgan fingerprint density at radius 2 is 1.72 bits per heavy atom. The molecule has 0 spiro atoms. The minimum Gasteiger partial charge on any atom is -0.497 e. The minimum atomic E-state index is -4.46. The molecular formula is C19H15ClO7S2. The zero-order valence-corrected chi connectivity index (χ0v) is 17.4. The van der Waals surface area contributed by atoms with Gasteiger partial charge in [0.05, 0.1) is 7.11 Å². The summed E-state index contributed by atoms with van der Waals surface area (Å²) in [6.45, 7) is 0. The SMILES string of the molecule is COc1ccc(/C=C/S(=O)(=O)CS(=O)(=O)c2cc3ccc(Cl)cc3oc2=O)cc1. The van der Waals surface area contributed by atoms with E-state index in [1.165, 1.54) is 31.4 Å². The highest BCUT2D eigenvalue weighted by molar-refractivity contribution is 8.09. The fourth-order valence-corrected chi connectivity index (χ4v) is 6.18. The van der Waals surface area contributed by atoms with Gasteiger partial charge in [-0.05, 0) is 42.0 Å². The summed E-state index contributed by atoms with van der Waals surface area (Å²) in [6.07, 6.45) is 1.26. The lowest BCUT2D eigenvalue weighted by Gasteiger charge is -2.04. The van der Waals surface area contributed by atoms with Crippen molar-refractivity contribution in [3.63, 3.8) is 0 Å². The third kappa shape index (κ3) is 5.06. The molecule has 3 rings (SSSR count). The number of ether oxygens (including phenoxy) is 1. The van der Waals surface area contributed by atoms with Gasteiger partial charge >= 0.3 is 5.63 Å². The highest BCUT2D eigenvalue weighted by Crippen LogP contribution is 2.21. The number of hydrogen-bond donors (Lipinski definition) is 0. The van der Waals surface area contributed by atoms with Gasteiger partial charge in [0.15, 0.2) is 29.7 Å². The van der Waals surface area contributed by atoms with Gasteiger partial charge in [-0.3, -0.25) is 0 Å². The van der Waals surface area contributed by atoms with Crippen molar-refractivity contribution in [3.8, 4) is 5.75 Å². The molecule has 0 aliphatic carbocycles. The molecule has 0 N–H and O–H groups in total. The molecule has 7 nitrogen and oxygen atoms in total. The molecule has 0 atom stereocenters. The van der Waals surface area contributed by atoms with E-state index in [9.17, 15) is 21.6 Å². The summed E-state index contributed by atoms with van der Waals surface area (Å²) in [7, 11) is -7.15. The maximum Gasteiger partial charge on any atom is 0.355 e. The molecule has 0 radical (unpaired) electrons. The number of fused-ring (bicyclic) bond motifs is 1. The average molecular weight is 455 g/mol. The van der Waals surface area contributed by atoms with Gasteiger partial charge in [-0.15, -0.1) is 0 Å². The maximum absolute atomic E-state index is 12.6. The predicted octanol–water partition coefficient (Wildman–Crippen LogP) is 3.27. The monoisotopic (exact) mass is 454 g/mol. The molecule has 10 heteroatoms. The topological polar surface area (TPSA) is 108 Å². The minimum absolute atomic E-state index is 0.101. The van der Waals surface area contributed by atoms with E-state index in [4.69, 9.17) is 20.8 Å². The van der Waals surface area contributed by atoms with Gasteiger partial charge in [0.1, 0.15) is 11.3 Å². The van der Waals surface area contributed by atoms with E-state index in [2.05, 4.69) is 0 Å². The Balaban J connectivity index is 1.90. The lowest BCUT2D eigenvalue weighted by atomic mass is 10.2. The van der Waals surface area contributed by atoms with Gasteiger partial charge < -0.3 is 9.15 Å². The molecule has 29 heavy (non-hydrogen) atoms. The number of rotatable bonds is 6. The molecular weight excluding hydrogens is 440 g/mol. The van der Waals surface area contributed by atoms with Gasteiger partial charge in [-0.25, -0.2) is 21.6 Å². The van der Waals surface area contributed by atoms with Crippen LogP contribution >= 0.6 is 11.6 Å². The first kappa shape index (κ1) is 21.1. The molecule has 0 aliphatic rings. The first-order valence-electron chi connectivity index (χ1n) is 8.11. The van der Waals surface area contributed by atoms with Crippen LogP contribution in [0.1, 0.15) is 5.56 Å². The highest BCUT2D eigenvalue weighted by atomic mass is 35.5. The lowest BCUT2D eigenvalue weighted by Crippen LogP contribution is -2.21. The summed E-state index contributed by atoms with van der Waals surface area (Å²) in [6, 6.07) is 11.9. The van der Waals surface area contributed by atoms with Crippen LogP contribution in [0.2, 0.25) is 5.02 Å². The van der Waals surface area contributed by atoms with Crippen molar-refractivity contribution in [3.05, 3.63) is 74.9 Å². The second-order valence-electron chi connectivity index (χ2n) is 6.05. The Bertz CT molecular complexity index is 1350. The molecule has 3 aromatic rings. The summed E-state index contributed by atoms with van der Waals surface area (Å²) in [5.41, 5.74) is -0.522. The van der Waals surface area contributed by atoms with Crippen molar-refractivity contribution in [2.75, 3.05) is 12.2 Å². The third-order valence-electron chi connectivity index (χ3n) is 3.90. The molecule has 0 bridgehead atoms. The van der Waals surface area contributed by atoms with Crippen LogP contribution in [0.25, 0.3) is 17.0 Å². The number of methoxy groups -OCH3 is 1. The largest absolute Gasteiger partial charge is 0.497 e. The second-order valence-corrected chi connectivity index (χ2v) is 10.7. The molecule has 2 aromatic carbocycles. The fourth-order valence-electron chi connectivity index (χ4n) is 2.50. The van der Waals surface area contributed by atoms with E-state index < -0.39 is 35.3 Å². The van der Waals surface area contributed by atoms with E-state index in [-0.39, 0.29) is 5.58 Å². The molecule has 152 valence electrons. The maximum atomic E-state index is 12.6. The predicted molar refractivity (Wildman–Crippen MR) is 110 cm³/mol. The molecule has 0 unspecified atom stereocenters. The van der Waals surface area contributed by atoms with Gasteiger partial charge in [0, 0.05) is 21.9 Å². The van der Waals surface area contributed by atoms with Crippen LogP contribution in [0, 0.1) is 0 Å². The summed E-state index contributed by atoms with van der Waals surface area (Å²) in [5.74, 6) is 0.594. The fraction of sp³-hybridized carbons (Fsp3) is 0.105. The number of hydrogen-bond acceptors (Lipinski definition) is 7. The second kappa shape index (κ2) is 8.02. The van der Waals surface area contributed by atoms with E-state index in [1.807, 2.05) is 0 Å². The van der Waals surface area contributed by atoms with Crippen molar-refractivity contribution in [1.82, 2.24) is 0 Å². The Kier molecular flexibility index (Phi) is 5.83. The smallest absolute Gasteiger partial charge is 0.355 e. The quantitative estimate of drug-likeness (QED) is 0.526. The highest BCUT2D eigenvalue weighted by Gasteiger charge is 2.26. The first-order chi connectivity index (χ1) is 13.6. The van der Waals surface area contributed by atoms with Crippen LogP contribution in [0.4, 0.5) is 0 Å². The van der Waals surface area contributed by atoms with E-state index in [1.54, 1.807) is 24.3 Å². The summed E-state index contributed by atoms with van der Waals surface area (Å²) < 4.78 is 59.7. The third-order valence-corrected chi connectivity index (χ3v) is 8.20. The standard InChI is InChI=1S/C19H15ClO7S2/c1-26-16-6-2-13(3-7-16)8-9-28(22,23)12-29(24,25)18-10-14-4-5-15(20)11-17(14)27-19(18)21/h2-11H,12H2,1H3/b9-8+. The van der Waals surface area contributed by atoms with E-state index >= 15 is 0 Å². The summed E-state index contributed by atoms with van der Waals surface area (Å²) in [5, 5.41) is 0.131. The Hall–Kier alpha value is -2.62. The molecule has 0 saturated heterocycles. The van der Waals surface area contributed by atoms with Crippen LogP contribution in [0.5, 0.6) is 5.75 Å². The van der Waals surface area contributed by atoms with E-state index in [0.717, 1.165) is 11.5 Å². The molecule has 0 fully saturated rings. The Labute approximate surface area is 172 Å². The normalized spacial score (nSPS) is 12.5. The molecule has 1 aromatic heterocycles. The van der Waals surface area contributed by atoms with Crippen molar-refractivity contribution in [2.45, 2.75) is 4.90 Å². The zero-order valence-electron chi connectivity index (χ0n) is 15.0. The molecule has 0 aliphatic heterocycles. The molecule has 0 amide bonds. The van der Waals surface area contributed by atoms with Crippen LogP contribution < -0.4 is 10.4 Å².